The largest absolute Gasteiger partial charge is 0.306 e. The van der Waals surface area contributed by atoms with Gasteiger partial charge < -0.3 is 4.40 Å². The maximum atomic E-state index is 4.20. The molecule has 2 aromatic heterocycles. The minimum atomic E-state index is 0.953. The highest BCUT2D eigenvalue weighted by Gasteiger charge is 1.97. The lowest BCUT2D eigenvalue weighted by molar-refractivity contribution is 1.18. The number of aromatic nitrogens is 2. The van der Waals surface area contributed by atoms with Gasteiger partial charge in [0.25, 0.3) is 0 Å². The highest BCUT2D eigenvalue weighted by atomic mass is 15.0. The van der Waals surface area contributed by atoms with E-state index in [2.05, 4.69) is 11.6 Å². The molecule has 0 fully saturated rings. The van der Waals surface area contributed by atoms with E-state index in [1.807, 2.05) is 60.2 Å². The minimum absolute atomic E-state index is 0.953. The maximum absolute atomic E-state index is 4.20. The molecule has 80 valence electrons. The first-order valence-electron chi connectivity index (χ1n) is 5.22. The molecule has 0 unspecified atom stereocenters. The van der Waals surface area contributed by atoms with Crippen LogP contribution in [0.15, 0.2) is 61.6 Å². The summed E-state index contributed by atoms with van der Waals surface area (Å²) in [6, 6.07) is 4.02. The number of pyridine rings is 1. The van der Waals surface area contributed by atoms with Crippen molar-refractivity contribution in [2.45, 2.75) is 6.92 Å². The van der Waals surface area contributed by atoms with Crippen molar-refractivity contribution in [1.82, 2.24) is 9.38 Å². The van der Waals surface area contributed by atoms with E-state index in [4.69, 9.17) is 0 Å². The summed E-state index contributed by atoms with van der Waals surface area (Å²) in [6.45, 7) is 6.02. The number of hydrogen-bond acceptors (Lipinski definition) is 1. The first kappa shape index (κ1) is 10.4. The molecule has 0 N–H and O–H groups in total. The molecule has 2 heteroatoms. The first-order valence-corrected chi connectivity index (χ1v) is 5.22. The second-order valence-electron chi connectivity index (χ2n) is 3.52. The zero-order valence-corrected chi connectivity index (χ0v) is 9.30. The van der Waals surface area contributed by atoms with Crippen molar-refractivity contribution in [3.05, 3.63) is 67.2 Å². The van der Waals surface area contributed by atoms with Crippen molar-refractivity contribution in [2.75, 3.05) is 0 Å². The SMILES string of the molecule is C=C(/C=C\C=C/C)c1ccc2nccn2c1. The van der Waals surface area contributed by atoms with Crippen LogP contribution >= 0.6 is 0 Å². The first-order chi connectivity index (χ1) is 7.81. The average Bonchev–Trinajstić information content (AvgIpc) is 2.76. The lowest BCUT2D eigenvalue weighted by Gasteiger charge is -2.01. The van der Waals surface area contributed by atoms with Gasteiger partial charge in [-0.1, -0.05) is 30.9 Å². The van der Waals surface area contributed by atoms with Crippen LogP contribution in [-0.2, 0) is 0 Å². The van der Waals surface area contributed by atoms with Gasteiger partial charge in [0, 0.05) is 18.6 Å². The summed E-state index contributed by atoms with van der Waals surface area (Å²) in [4.78, 5) is 4.20. The topological polar surface area (TPSA) is 17.3 Å². The van der Waals surface area contributed by atoms with Crippen LogP contribution in [0.1, 0.15) is 12.5 Å². The van der Waals surface area contributed by atoms with Gasteiger partial charge in [0.1, 0.15) is 5.65 Å². The van der Waals surface area contributed by atoms with E-state index in [1.54, 1.807) is 6.20 Å². The summed E-state index contributed by atoms with van der Waals surface area (Å²) < 4.78 is 1.99. The molecule has 2 rings (SSSR count). The number of fused-ring (bicyclic) bond motifs is 1. The molecular formula is C14H14N2. The molecule has 0 bridgehead atoms. The zero-order valence-electron chi connectivity index (χ0n) is 9.30. The summed E-state index contributed by atoms with van der Waals surface area (Å²) >= 11 is 0. The van der Waals surface area contributed by atoms with Crippen molar-refractivity contribution in [1.29, 1.82) is 0 Å². The van der Waals surface area contributed by atoms with Gasteiger partial charge in [0.2, 0.25) is 0 Å². The third-order valence-corrected chi connectivity index (χ3v) is 2.36. The van der Waals surface area contributed by atoms with E-state index in [0.29, 0.717) is 0 Å². The standard InChI is InChI=1S/C14H14N2/c1-3-4-5-6-12(2)13-7-8-14-15-9-10-16(14)11-13/h3-11H,2H2,1H3/b4-3-,6-5-. The van der Waals surface area contributed by atoms with E-state index < -0.39 is 0 Å². The molecular weight excluding hydrogens is 196 g/mol. The summed E-state index contributed by atoms with van der Waals surface area (Å²) in [5.41, 5.74) is 3.05. The van der Waals surface area contributed by atoms with Crippen LogP contribution in [0.25, 0.3) is 11.2 Å². The third kappa shape index (κ3) is 2.11. The number of hydrogen-bond donors (Lipinski definition) is 0. The molecule has 0 aromatic carbocycles. The van der Waals surface area contributed by atoms with Crippen LogP contribution in [0, 0.1) is 0 Å². The summed E-state index contributed by atoms with van der Waals surface area (Å²) in [7, 11) is 0. The van der Waals surface area contributed by atoms with Gasteiger partial charge >= 0.3 is 0 Å². The normalized spacial score (nSPS) is 11.8. The predicted molar refractivity (Wildman–Crippen MR) is 68.2 cm³/mol. The summed E-state index contributed by atoms with van der Waals surface area (Å²) in [5.74, 6) is 0. The Hall–Kier alpha value is -2.09. The zero-order chi connectivity index (χ0) is 11.4. The Bertz CT molecular complexity index is 559. The highest BCUT2D eigenvalue weighted by molar-refractivity contribution is 5.72. The minimum Gasteiger partial charge on any atom is -0.306 e. The Morgan fingerprint density at radius 1 is 1.38 bits per heavy atom. The number of allylic oxidation sites excluding steroid dienone is 5. The van der Waals surface area contributed by atoms with Crippen LogP contribution in [0.4, 0.5) is 0 Å². The third-order valence-electron chi connectivity index (χ3n) is 2.36. The predicted octanol–water partition coefficient (Wildman–Crippen LogP) is 3.48. The monoisotopic (exact) mass is 210 g/mol. The van der Waals surface area contributed by atoms with Gasteiger partial charge in [-0.15, -0.1) is 0 Å². The molecule has 0 aliphatic heterocycles. The van der Waals surface area contributed by atoms with Crippen molar-refractivity contribution in [3.63, 3.8) is 0 Å². The summed E-state index contributed by atoms with van der Waals surface area (Å²) in [6.07, 6.45) is 13.7. The van der Waals surface area contributed by atoms with E-state index in [1.165, 1.54) is 0 Å². The summed E-state index contributed by atoms with van der Waals surface area (Å²) in [5, 5.41) is 0. The Morgan fingerprint density at radius 2 is 2.25 bits per heavy atom. The molecule has 0 saturated carbocycles. The van der Waals surface area contributed by atoms with Gasteiger partial charge in [-0.25, -0.2) is 4.98 Å². The Kier molecular flexibility index (Phi) is 3.01. The fourth-order valence-electron chi connectivity index (χ4n) is 1.49. The van der Waals surface area contributed by atoms with Crippen LogP contribution in [0.3, 0.4) is 0 Å². The van der Waals surface area contributed by atoms with E-state index >= 15 is 0 Å². The van der Waals surface area contributed by atoms with Crippen molar-refractivity contribution < 1.29 is 0 Å². The van der Waals surface area contributed by atoms with Gasteiger partial charge in [-0.05, 0) is 30.2 Å². The van der Waals surface area contributed by atoms with E-state index in [0.717, 1.165) is 16.8 Å². The van der Waals surface area contributed by atoms with Gasteiger partial charge in [-0.2, -0.15) is 0 Å². The number of imidazole rings is 1. The van der Waals surface area contributed by atoms with Gasteiger partial charge in [0.15, 0.2) is 0 Å². The smallest absolute Gasteiger partial charge is 0.136 e. The second-order valence-corrected chi connectivity index (χ2v) is 3.52. The second kappa shape index (κ2) is 4.62. The molecule has 2 nitrogen and oxygen atoms in total. The lowest BCUT2D eigenvalue weighted by atomic mass is 10.1. The molecule has 16 heavy (non-hydrogen) atoms. The van der Waals surface area contributed by atoms with E-state index in [-0.39, 0.29) is 0 Å². The van der Waals surface area contributed by atoms with Gasteiger partial charge in [0.05, 0.1) is 0 Å². The molecule has 0 radical (unpaired) electrons. The van der Waals surface area contributed by atoms with Crippen molar-refractivity contribution >= 4 is 11.2 Å². The molecule has 2 aromatic rings. The van der Waals surface area contributed by atoms with Gasteiger partial charge in [-0.3, -0.25) is 0 Å². The number of rotatable bonds is 3. The van der Waals surface area contributed by atoms with Crippen LogP contribution < -0.4 is 0 Å². The Balaban J connectivity index is 2.29. The highest BCUT2D eigenvalue weighted by Crippen LogP contribution is 2.14. The molecule has 0 aliphatic rings. The molecule has 0 saturated heterocycles. The Morgan fingerprint density at radius 3 is 3.06 bits per heavy atom. The van der Waals surface area contributed by atoms with Crippen LogP contribution in [0.2, 0.25) is 0 Å². The fourth-order valence-corrected chi connectivity index (χ4v) is 1.49. The molecule has 0 amide bonds. The number of nitrogens with zero attached hydrogens (tertiary/aromatic N) is 2. The Labute approximate surface area is 95.3 Å². The van der Waals surface area contributed by atoms with Crippen LogP contribution in [-0.4, -0.2) is 9.38 Å². The molecule has 2 heterocycles. The lowest BCUT2D eigenvalue weighted by Crippen LogP contribution is -1.86. The van der Waals surface area contributed by atoms with Crippen molar-refractivity contribution in [3.8, 4) is 0 Å². The quantitative estimate of drug-likeness (QED) is 0.709. The molecule has 0 spiro atoms. The van der Waals surface area contributed by atoms with Crippen molar-refractivity contribution in [2.24, 2.45) is 0 Å². The maximum Gasteiger partial charge on any atom is 0.136 e. The average molecular weight is 210 g/mol. The molecule has 0 aliphatic carbocycles. The van der Waals surface area contributed by atoms with E-state index in [9.17, 15) is 0 Å². The van der Waals surface area contributed by atoms with Crippen LogP contribution in [0.5, 0.6) is 0 Å². The molecule has 0 atom stereocenters. The fraction of sp³-hybridized carbons (Fsp3) is 0.0714.